The Hall–Kier alpha value is -2.62. The SMILES string of the molecule is CC(C)Oc1cccc(N=C(CC(N)=O)c2ccccc2)c1. The number of carbonyl (C=O) groups is 1. The molecule has 22 heavy (non-hydrogen) atoms. The largest absolute Gasteiger partial charge is 0.491 e. The van der Waals surface area contributed by atoms with Gasteiger partial charge in [-0.15, -0.1) is 0 Å². The lowest BCUT2D eigenvalue weighted by Crippen LogP contribution is -2.16. The average molecular weight is 296 g/mol. The Morgan fingerprint density at radius 2 is 1.86 bits per heavy atom. The second-order valence-corrected chi connectivity index (χ2v) is 5.23. The van der Waals surface area contributed by atoms with E-state index in [-0.39, 0.29) is 12.5 Å². The zero-order chi connectivity index (χ0) is 15.9. The number of amides is 1. The third-order valence-electron chi connectivity index (χ3n) is 2.90. The first-order valence-electron chi connectivity index (χ1n) is 7.22. The molecule has 0 saturated heterocycles. The summed E-state index contributed by atoms with van der Waals surface area (Å²) >= 11 is 0. The van der Waals surface area contributed by atoms with E-state index >= 15 is 0 Å². The molecule has 2 aromatic rings. The highest BCUT2D eigenvalue weighted by atomic mass is 16.5. The van der Waals surface area contributed by atoms with Gasteiger partial charge in [0.2, 0.25) is 5.91 Å². The summed E-state index contributed by atoms with van der Waals surface area (Å²) in [6.07, 6.45) is 0.192. The molecule has 0 unspecified atom stereocenters. The second kappa shape index (κ2) is 7.41. The minimum Gasteiger partial charge on any atom is -0.491 e. The monoisotopic (exact) mass is 296 g/mol. The van der Waals surface area contributed by atoms with Crippen molar-refractivity contribution in [2.75, 3.05) is 0 Å². The van der Waals surface area contributed by atoms with E-state index in [1.807, 2.05) is 68.4 Å². The lowest BCUT2D eigenvalue weighted by molar-refractivity contribution is -0.116. The summed E-state index contributed by atoms with van der Waals surface area (Å²) in [4.78, 5) is 15.9. The van der Waals surface area contributed by atoms with Crippen molar-refractivity contribution in [3.63, 3.8) is 0 Å². The van der Waals surface area contributed by atoms with Crippen molar-refractivity contribution in [2.24, 2.45) is 10.7 Å². The van der Waals surface area contributed by atoms with Crippen molar-refractivity contribution in [3.8, 4) is 5.75 Å². The smallest absolute Gasteiger partial charge is 0.223 e. The summed E-state index contributed by atoms with van der Waals surface area (Å²) in [5.41, 5.74) is 7.60. The Labute approximate surface area is 130 Å². The summed E-state index contributed by atoms with van der Waals surface area (Å²) in [6, 6.07) is 17.0. The molecule has 0 atom stereocenters. The van der Waals surface area contributed by atoms with E-state index < -0.39 is 5.91 Å². The molecule has 0 bridgehead atoms. The van der Waals surface area contributed by atoms with Crippen molar-refractivity contribution in [1.82, 2.24) is 0 Å². The highest BCUT2D eigenvalue weighted by Crippen LogP contribution is 2.22. The van der Waals surface area contributed by atoms with Gasteiger partial charge < -0.3 is 10.5 Å². The molecule has 2 rings (SSSR count). The first-order valence-corrected chi connectivity index (χ1v) is 7.22. The van der Waals surface area contributed by atoms with Crippen LogP contribution in [0.2, 0.25) is 0 Å². The molecule has 0 aromatic heterocycles. The lowest BCUT2D eigenvalue weighted by atomic mass is 10.1. The molecule has 114 valence electrons. The quantitative estimate of drug-likeness (QED) is 0.829. The molecule has 0 fully saturated rings. The first kappa shape index (κ1) is 15.8. The summed E-state index contributed by atoms with van der Waals surface area (Å²) in [5, 5.41) is 0. The van der Waals surface area contributed by atoms with Crippen LogP contribution < -0.4 is 10.5 Å². The van der Waals surface area contributed by atoms with Gasteiger partial charge in [-0.1, -0.05) is 36.4 Å². The van der Waals surface area contributed by atoms with Gasteiger partial charge >= 0.3 is 0 Å². The van der Waals surface area contributed by atoms with Crippen molar-refractivity contribution >= 4 is 17.3 Å². The fraction of sp³-hybridized carbons (Fsp3) is 0.222. The van der Waals surface area contributed by atoms with Crippen LogP contribution in [0, 0.1) is 0 Å². The summed E-state index contributed by atoms with van der Waals surface area (Å²) < 4.78 is 5.66. The molecule has 0 saturated carbocycles. The molecular weight excluding hydrogens is 276 g/mol. The van der Waals surface area contributed by atoms with Crippen LogP contribution in [0.15, 0.2) is 59.6 Å². The number of hydrogen-bond donors (Lipinski definition) is 1. The van der Waals surface area contributed by atoms with Gasteiger partial charge in [-0.2, -0.15) is 0 Å². The van der Waals surface area contributed by atoms with Crippen LogP contribution in [0.25, 0.3) is 0 Å². The Bertz CT molecular complexity index is 664. The van der Waals surface area contributed by atoms with Crippen molar-refractivity contribution in [1.29, 1.82) is 0 Å². The minimum atomic E-state index is -0.405. The van der Waals surface area contributed by atoms with Crippen molar-refractivity contribution in [2.45, 2.75) is 26.4 Å². The number of hydrogen-bond acceptors (Lipinski definition) is 3. The van der Waals surface area contributed by atoms with Crippen LogP contribution in [-0.2, 0) is 4.79 Å². The molecule has 0 aliphatic rings. The van der Waals surface area contributed by atoms with Gasteiger partial charge in [-0.3, -0.25) is 9.79 Å². The highest BCUT2D eigenvalue weighted by Gasteiger charge is 2.08. The van der Waals surface area contributed by atoms with E-state index in [2.05, 4.69) is 4.99 Å². The van der Waals surface area contributed by atoms with E-state index in [0.717, 1.165) is 17.0 Å². The predicted molar refractivity (Wildman–Crippen MR) is 88.7 cm³/mol. The molecule has 4 nitrogen and oxygen atoms in total. The van der Waals surface area contributed by atoms with E-state index in [1.165, 1.54) is 0 Å². The lowest BCUT2D eigenvalue weighted by Gasteiger charge is -2.10. The highest BCUT2D eigenvalue weighted by molar-refractivity contribution is 6.11. The van der Waals surface area contributed by atoms with Gasteiger partial charge in [0.1, 0.15) is 5.75 Å². The van der Waals surface area contributed by atoms with E-state index in [9.17, 15) is 4.79 Å². The Morgan fingerprint density at radius 3 is 2.50 bits per heavy atom. The Morgan fingerprint density at radius 1 is 1.14 bits per heavy atom. The van der Waals surface area contributed by atoms with Gasteiger partial charge in [0.25, 0.3) is 0 Å². The number of primary amides is 1. The van der Waals surface area contributed by atoms with Crippen LogP contribution in [0.5, 0.6) is 5.75 Å². The summed E-state index contributed by atoms with van der Waals surface area (Å²) in [5.74, 6) is 0.347. The van der Waals surface area contributed by atoms with Crippen LogP contribution in [-0.4, -0.2) is 17.7 Å². The van der Waals surface area contributed by atoms with Gasteiger partial charge in [0, 0.05) is 6.07 Å². The standard InChI is InChI=1S/C18H20N2O2/c1-13(2)22-16-10-6-9-15(11-16)20-17(12-18(19)21)14-7-4-3-5-8-14/h3-11,13H,12H2,1-2H3,(H2,19,21). The van der Waals surface area contributed by atoms with Gasteiger partial charge in [0.15, 0.2) is 0 Å². The number of nitrogens with two attached hydrogens (primary N) is 1. The number of carbonyl (C=O) groups excluding carboxylic acids is 1. The maximum absolute atomic E-state index is 11.3. The summed E-state index contributed by atoms with van der Waals surface area (Å²) in [6.45, 7) is 3.94. The molecule has 2 aromatic carbocycles. The van der Waals surface area contributed by atoms with Crippen LogP contribution in [0.4, 0.5) is 5.69 Å². The molecule has 0 spiro atoms. The number of benzene rings is 2. The Kier molecular flexibility index (Phi) is 5.31. The van der Waals surface area contributed by atoms with E-state index in [1.54, 1.807) is 0 Å². The molecule has 0 heterocycles. The third-order valence-corrected chi connectivity index (χ3v) is 2.90. The average Bonchev–Trinajstić information content (AvgIpc) is 2.47. The molecule has 2 N–H and O–H groups in total. The maximum Gasteiger partial charge on any atom is 0.223 e. The fourth-order valence-corrected chi connectivity index (χ4v) is 2.06. The van der Waals surface area contributed by atoms with Gasteiger partial charge in [0.05, 0.1) is 23.9 Å². The number of nitrogens with zero attached hydrogens (tertiary/aromatic N) is 1. The number of aliphatic imine (C=N–C) groups is 1. The fourth-order valence-electron chi connectivity index (χ4n) is 2.06. The molecule has 0 radical (unpaired) electrons. The minimum absolute atomic E-state index is 0.0958. The number of ether oxygens (including phenoxy) is 1. The molecule has 1 amide bonds. The summed E-state index contributed by atoms with van der Waals surface area (Å²) in [7, 11) is 0. The van der Waals surface area contributed by atoms with E-state index in [0.29, 0.717) is 5.71 Å². The zero-order valence-corrected chi connectivity index (χ0v) is 12.8. The second-order valence-electron chi connectivity index (χ2n) is 5.23. The van der Waals surface area contributed by atoms with Crippen molar-refractivity contribution in [3.05, 3.63) is 60.2 Å². The maximum atomic E-state index is 11.3. The zero-order valence-electron chi connectivity index (χ0n) is 12.8. The molecular formula is C18H20N2O2. The molecule has 0 aliphatic carbocycles. The van der Waals surface area contributed by atoms with Crippen molar-refractivity contribution < 1.29 is 9.53 Å². The van der Waals surface area contributed by atoms with Crippen LogP contribution in [0.1, 0.15) is 25.8 Å². The number of rotatable bonds is 6. The first-order chi connectivity index (χ1) is 10.5. The Balaban J connectivity index is 2.35. The van der Waals surface area contributed by atoms with Crippen LogP contribution >= 0.6 is 0 Å². The third kappa shape index (κ3) is 4.74. The van der Waals surface area contributed by atoms with Crippen LogP contribution in [0.3, 0.4) is 0 Å². The molecule has 0 aliphatic heterocycles. The topological polar surface area (TPSA) is 64.7 Å². The predicted octanol–water partition coefficient (Wildman–Crippen LogP) is 3.47. The van der Waals surface area contributed by atoms with E-state index in [4.69, 9.17) is 10.5 Å². The molecule has 4 heteroatoms. The van der Waals surface area contributed by atoms with Gasteiger partial charge in [-0.05, 0) is 31.5 Å². The van der Waals surface area contributed by atoms with Gasteiger partial charge in [-0.25, -0.2) is 0 Å². The normalized spacial score (nSPS) is 11.5.